The van der Waals surface area contributed by atoms with E-state index in [-0.39, 0.29) is 11.1 Å². The monoisotopic (exact) mass is 346 g/mol. The van der Waals surface area contributed by atoms with E-state index in [0.29, 0.717) is 0 Å². The smallest absolute Gasteiger partial charge is 0.259 e. The Balaban J connectivity index is 1.66. The molecule has 1 saturated carbocycles. The van der Waals surface area contributed by atoms with Crippen molar-refractivity contribution in [3.05, 3.63) is 26.6 Å². The molecule has 1 spiro atoms. The van der Waals surface area contributed by atoms with Gasteiger partial charge in [-0.15, -0.1) is 11.3 Å². The Bertz CT molecular complexity index is 795. The van der Waals surface area contributed by atoms with Crippen molar-refractivity contribution in [2.75, 3.05) is 19.6 Å². The Morgan fingerprint density at radius 2 is 2.04 bits per heavy atom. The first-order chi connectivity index (χ1) is 11.6. The van der Waals surface area contributed by atoms with Gasteiger partial charge in [0, 0.05) is 30.1 Å². The van der Waals surface area contributed by atoms with Crippen LogP contribution in [-0.4, -0.2) is 40.0 Å². The molecule has 0 amide bonds. The number of hydrogen-bond donors (Lipinski definition) is 2. The minimum absolute atomic E-state index is 0.0182. The summed E-state index contributed by atoms with van der Waals surface area (Å²) in [5, 5.41) is 4.35. The van der Waals surface area contributed by atoms with Crippen LogP contribution in [0.2, 0.25) is 0 Å². The molecule has 2 fully saturated rings. The number of rotatable bonds is 2. The second kappa shape index (κ2) is 6.24. The predicted molar refractivity (Wildman–Crippen MR) is 98.8 cm³/mol. The van der Waals surface area contributed by atoms with Crippen molar-refractivity contribution in [2.24, 2.45) is 0 Å². The molecule has 130 valence electrons. The third-order valence-corrected chi connectivity index (χ3v) is 7.00. The average Bonchev–Trinajstić information content (AvgIpc) is 2.85. The highest BCUT2D eigenvalue weighted by molar-refractivity contribution is 7.18. The number of thiophene rings is 1. The van der Waals surface area contributed by atoms with Crippen molar-refractivity contribution in [3.8, 4) is 0 Å². The lowest BCUT2D eigenvalue weighted by atomic mass is 9.79. The summed E-state index contributed by atoms with van der Waals surface area (Å²) in [6.07, 6.45) is 6.48. The average molecular weight is 347 g/mol. The number of aromatic nitrogens is 2. The Hall–Kier alpha value is -1.24. The molecule has 0 radical (unpaired) electrons. The number of H-pyrrole nitrogens is 1. The Labute approximate surface area is 146 Å². The van der Waals surface area contributed by atoms with Crippen molar-refractivity contribution >= 4 is 21.6 Å². The fourth-order valence-corrected chi connectivity index (χ4v) is 5.44. The number of nitrogens with one attached hydrogen (secondary N) is 2. The predicted octanol–water partition coefficient (Wildman–Crippen LogP) is 2.71. The van der Waals surface area contributed by atoms with Gasteiger partial charge >= 0.3 is 0 Å². The van der Waals surface area contributed by atoms with Gasteiger partial charge < -0.3 is 10.3 Å². The number of hydrogen-bond acceptors (Lipinski definition) is 5. The van der Waals surface area contributed by atoms with E-state index in [1.165, 1.54) is 37.0 Å². The molecule has 6 heteroatoms. The summed E-state index contributed by atoms with van der Waals surface area (Å²) >= 11 is 1.63. The largest absolute Gasteiger partial charge is 0.314 e. The molecule has 0 bridgehead atoms. The van der Waals surface area contributed by atoms with Crippen LogP contribution in [-0.2, 0) is 6.54 Å². The maximum atomic E-state index is 12.5. The topological polar surface area (TPSA) is 61.0 Å². The second-order valence-corrected chi connectivity index (χ2v) is 8.56. The number of fused-ring (bicyclic) bond motifs is 1. The van der Waals surface area contributed by atoms with Crippen LogP contribution in [0.3, 0.4) is 0 Å². The summed E-state index contributed by atoms with van der Waals surface area (Å²) in [4.78, 5) is 25.0. The first kappa shape index (κ1) is 16.2. The van der Waals surface area contributed by atoms with Gasteiger partial charge in [-0.3, -0.25) is 9.69 Å². The minimum Gasteiger partial charge on any atom is -0.314 e. The van der Waals surface area contributed by atoms with Crippen LogP contribution in [0.4, 0.5) is 0 Å². The van der Waals surface area contributed by atoms with E-state index in [0.717, 1.165) is 47.8 Å². The van der Waals surface area contributed by atoms with E-state index < -0.39 is 0 Å². The quantitative estimate of drug-likeness (QED) is 0.878. The third kappa shape index (κ3) is 2.70. The molecule has 5 nitrogen and oxygen atoms in total. The van der Waals surface area contributed by atoms with Gasteiger partial charge in [0.05, 0.1) is 11.9 Å². The SMILES string of the molecule is Cc1sc2nc(CN3CCNCC34CCCCC4)[nH]c(=O)c2c1C. The zero-order chi connectivity index (χ0) is 16.7. The molecule has 0 unspecified atom stereocenters. The third-order valence-electron chi connectivity index (χ3n) is 5.90. The van der Waals surface area contributed by atoms with Crippen LogP contribution >= 0.6 is 11.3 Å². The molecule has 1 aliphatic heterocycles. The molecule has 2 aliphatic rings. The maximum absolute atomic E-state index is 12.5. The lowest BCUT2D eigenvalue weighted by Crippen LogP contribution is -2.61. The van der Waals surface area contributed by atoms with Crippen LogP contribution in [0.25, 0.3) is 10.2 Å². The molecule has 2 aromatic rings. The van der Waals surface area contributed by atoms with Crippen LogP contribution in [0.5, 0.6) is 0 Å². The van der Waals surface area contributed by atoms with Crippen molar-refractivity contribution < 1.29 is 0 Å². The van der Waals surface area contributed by atoms with Crippen LogP contribution in [0.15, 0.2) is 4.79 Å². The second-order valence-electron chi connectivity index (χ2n) is 7.36. The molecule has 0 aromatic carbocycles. The van der Waals surface area contributed by atoms with Gasteiger partial charge in [-0.25, -0.2) is 4.98 Å². The van der Waals surface area contributed by atoms with Gasteiger partial charge in [0.2, 0.25) is 0 Å². The molecule has 4 rings (SSSR count). The Morgan fingerprint density at radius 3 is 2.83 bits per heavy atom. The van der Waals surface area contributed by atoms with Crippen molar-refractivity contribution in [3.63, 3.8) is 0 Å². The van der Waals surface area contributed by atoms with E-state index >= 15 is 0 Å². The maximum Gasteiger partial charge on any atom is 0.259 e. The van der Waals surface area contributed by atoms with Crippen molar-refractivity contribution in [1.82, 2.24) is 20.2 Å². The molecule has 1 saturated heterocycles. The summed E-state index contributed by atoms with van der Waals surface area (Å²) < 4.78 is 0. The molecular weight excluding hydrogens is 320 g/mol. The zero-order valence-electron chi connectivity index (χ0n) is 14.6. The molecule has 24 heavy (non-hydrogen) atoms. The Kier molecular flexibility index (Phi) is 4.22. The molecule has 3 heterocycles. The van der Waals surface area contributed by atoms with Crippen molar-refractivity contribution in [1.29, 1.82) is 0 Å². The van der Waals surface area contributed by atoms with Gasteiger partial charge in [0.1, 0.15) is 10.7 Å². The van der Waals surface area contributed by atoms with Crippen LogP contribution < -0.4 is 10.9 Å². The van der Waals surface area contributed by atoms with Gasteiger partial charge in [-0.1, -0.05) is 19.3 Å². The summed E-state index contributed by atoms with van der Waals surface area (Å²) in [7, 11) is 0. The van der Waals surface area contributed by atoms with Gasteiger partial charge in [0.15, 0.2) is 0 Å². The summed E-state index contributed by atoms with van der Waals surface area (Å²) in [6, 6.07) is 0. The number of piperazine rings is 1. The normalized spacial score (nSPS) is 21.6. The number of aromatic amines is 1. The van der Waals surface area contributed by atoms with E-state index in [1.807, 2.05) is 6.92 Å². The lowest BCUT2D eigenvalue weighted by molar-refractivity contribution is 0.0189. The highest BCUT2D eigenvalue weighted by Crippen LogP contribution is 2.35. The molecule has 2 N–H and O–H groups in total. The molecule has 2 aromatic heterocycles. The summed E-state index contributed by atoms with van der Waals surface area (Å²) in [5.74, 6) is 0.820. The van der Waals surface area contributed by atoms with Crippen molar-refractivity contribution in [2.45, 2.75) is 58.0 Å². The highest BCUT2D eigenvalue weighted by Gasteiger charge is 2.39. The fourth-order valence-electron chi connectivity index (χ4n) is 4.39. The standard InChI is InChI=1S/C18H26N4OS/c1-12-13(2)24-17-15(12)16(23)20-14(21-17)10-22-9-8-19-11-18(22)6-4-3-5-7-18/h19H,3-11H2,1-2H3,(H,20,21,23). The summed E-state index contributed by atoms with van der Waals surface area (Å²) in [5.41, 5.74) is 1.34. The van der Waals surface area contributed by atoms with Gasteiger partial charge in [-0.2, -0.15) is 0 Å². The molecule has 1 aliphatic carbocycles. The van der Waals surface area contributed by atoms with Gasteiger partial charge in [0.25, 0.3) is 5.56 Å². The number of aryl methyl sites for hydroxylation is 2. The zero-order valence-corrected chi connectivity index (χ0v) is 15.4. The minimum atomic E-state index is 0.0182. The molecule has 0 atom stereocenters. The van der Waals surface area contributed by atoms with Crippen LogP contribution in [0, 0.1) is 13.8 Å². The van der Waals surface area contributed by atoms with E-state index in [1.54, 1.807) is 11.3 Å². The van der Waals surface area contributed by atoms with Crippen LogP contribution in [0.1, 0.15) is 48.4 Å². The van der Waals surface area contributed by atoms with E-state index in [4.69, 9.17) is 4.98 Å². The lowest BCUT2D eigenvalue weighted by Gasteiger charge is -2.49. The van der Waals surface area contributed by atoms with E-state index in [9.17, 15) is 4.79 Å². The first-order valence-corrected chi connectivity index (χ1v) is 9.85. The van der Waals surface area contributed by atoms with Gasteiger partial charge in [-0.05, 0) is 32.3 Å². The molecular formula is C18H26N4OS. The summed E-state index contributed by atoms with van der Waals surface area (Å²) in [6.45, 7) is 7.95. The fraction of sp³-hybridized carbons (Fsp3) is 0.667. The Morgan fingerprint density at radius 1 is 1.25 bits per heavy atom. The highest BCUT2D eigenvalue weighted by atomic mass is 32.1. The number of nitrogens with zero attached hydrogens (tertiary/aromatic N) is 2. The van der Waals surface area contributed by atoms with E-state index in [2.05, 4.69) is 22.1 Å². The first-order valence-electron chi connectivity index (χ1n) is 9.04.